The van der Waals surface area contributed by atoms with Crippen molar-refractivity contribution in [2.24, 2.45) is 4.99 Å². The van der Waals surface area contributed by atoms with Crippen molar-refractivity contribution in [3.63, 3.8) is 0 Å². The van der Waals surface area contributed by atoms with Crippen molar-refractivity contribution in [3.8, 4) is 0 Å². The summed E-state index contributed by atoms with van der Waals surface area (Å²) in [4.78, 5) is 22.6. The van der Waals surface area contributed by atoms with E-state index in [1.165, 1.54) is 13.1 Å². The van der Waals surface area contributed by atoms with Gasteiger partial charge in [-0.15, -0.1) is 0 Å². The van der Waals surface area contributed by atoms with E-state index in [4.69, 9.17) is 0 Å². The number of rotatable bonds is 2. The molecule has 0 aromatic carbocycles. The van der Waals surface area contributed by atoms with Crippen LogP contribution in [0.3, 0.4) is 0 Å². The van der Waals surface area contributed by atoms with E-state index in [0.29, 0.717) is 0 Å². The van der Waals surface area contributed by atoms with Crippen LogP contribution in [0.2, 0.25) is 0 Å². The predicted octanol–water partition coefficient (Wildman–Crippen LogP) is -0.932. The summed E-state index contributed by atoms with van der Waals surface area (Å²) in [5.74, 6) is -0.284. The van der Waals surface area contributed by atoms with Gasteiger partial charge in [0.05, 0.1) is 0 Å². The molecule has 0 rings (SSSR count). The Hall–Kier alpha value is -1.15. The topological polar surface area (TPSA) is 58.5 Å². The summed E-state index contributed by atoms with van der Waals surface area (Å²) in [5.41, 5.74) is 0. The number of carbonyl (C=O) groups is 1. The van der Waals surface area contributed by atoms with Gasteiger partial charge in [-0.25, -0.2) is 4.79 Å². The first-order chi connectivity index (χ1) is 3.81. The number of aliphatic imine (C=N–C) groups is 1. The highest BCUT2D eigenvalue weighted by molar-refractivity contribution is 5.78. The summed E-state index contributed by atoms with van der Waals surface area (Å²) >= 11 is 0. The van der Waals surface area contributed by atoms with Crippen molar-refractivity contribution < 1.29 is 9.59 Å². The van der Waals surface area contributed by atoms with Crippen LogP contribution in [-0.4, -0.2) is 25.6 Å². The maximum absolute atomic E-state index is 10.2. The minimum atomic E-state index is -0.284. The first-order valence-electron chi connectivity index (χ1n) is 2.05. The molecule has 0 aliphatic rings. The van der Waals surface area contributed by atoms with Crippen molar-refractivity contribution in [2.45, 2.75) is 0 Å². The van der Waals surface area contributed by atoms with Gasteiger partial charge in [0, 0.05) is 7.05 Å². The summed E-state index contributed by atoms with van der Waals surface area (Å²) in [5, 5.41) is 2.29. The molecule has 0 saturated carbocycles. The summed E-state index contributed by atoms with van der Waals surface area (Å²) in [6, 6.07) is 0. The lowest BCUT2D eigenvalue weighted by Crippen LogP contribution is -2.20. The Labute approximate surface area is 46.6 Å². The standard InChI is InChI=1S/C4H6N2O2/c1-5-4(8)2-6-3-7/h2H2,1H3,(H,5,8). The summed E-state index contributed by atoms with van der Waals surface area (Å²) in [7, 11) is 1.47. The highest BCUT2D eigenvalue weighted by Gasteiger charge is 1.90. The van der Waals surface area contributed by atoms with Crippen molar-refractivity contribution in [1.29, 1.82) is 0 Å². The molecule has 0 unspecified atom stereocenters. The van der Waals surface area contributed by atoms with Crippen LogP contribution in [0.4, 0.5) is 0 Å². The summed E-state index contributed by atoms with van der Waals surface area (Å²) < 4.78 is 0. The van der Waals surface area contributed by atoms with E-state index in [1.807, 2.05) is 0 Å². The van der Waals surface area contributed by atoms with Crippen molar-refractivity contribution in [1.82, 2.24) is 5.32 Å². The van der Waals surface area contributed by atoms with E-state index >= 15 is 0 Å². The second-order valence-electron chi connectivity index (χ2n) is 1.08. The van der Waals surface area contributed by atoms with Crippen LogP contribution in [0.5, 0.6) is 0 Å². The number of hydrogen-bond acceptors (Lipinski definition) is 3. The zero-order chi connectivity index (χ0) is 6.41. The molecule has 1 N–H and O–H groups in total. The first-order valence-corrected chi connectivity index (χ1v) is 2.05. The van der Waals surface area contributed by atoms with Gasteiger partial charge in [0.1, 0.15) is 6.54 Å². The molecule has 8 heavy (non-hydrogen) atoms. The Morgan fingerprint density at radius 1 is 1.88 bits per heavy atom. The largest absolute Gasteiger partial charge is 0.358 e. The Morgan fingerprint density at radius 3 is 2.88 bits per heavy atom. The average molecular weight is 114 g/mol. The van der Waals surface area contributed by atoms with Gasteiger partial charge >= 0.3 is 0 Å². The number of amides is 1. The summed E-state index contributed by atoms with van der Waals surface area (Å²) in [6.45, 7) is -0.125. The highest BCUT2D eigenvalue weighted by Crippen LogP contribution is 1.63. The van der Waals surface area contributed by atoms with Gasteiger partial charge in [-0.05, 0) is 0 Å². The molecule has 4 nitrogen and oxygen atoms in total. The predicted molar refractivity (Wildman–Crippen MR) is 27.1 cm³/mol. The van der Waals surface area contributed by atoms with Crippen LogP contribution in [0.25, 0.3) is 0 Å². The van der Waals surface area contributed by atoms with E-state index < -0.39 is 0 Å². The SMILES string of the molecule is CNC(=O)CN=C=O. The van der Waals surface area contributed by atoms with Crippen LogP contribution in [0.1, 0.15) is 0 Å². The molecule has 0 saturated heterocycles. The van der Waals surface area contributed by atoms with Crippen molar-refractivity contribution >= 4 is 12.0 Å². The summed E-state index contributed by atoms with van der Waals surface area (Å²) in [6.07, 6.45) is 1.25. The van der Waals surface area contributed by atoms with Gasteiger partial charge in [-0.1, -0.05) is 0 Å². The fourth-order valence-electron chi connectivity index (χ4n) is 0.183. The normalized spacial score (nSPS) is 7.12. The van der Waals surface area contributed by atoms with Gasteiger partial charge in [-0.3, -0.25) is 4.79 Å². The van der Waals surface area contributed by atoms with E-state index in [9.17, 15) is 9.59 Å². The minimum absolute atomic E-state index is 0.125. The molecular formula is C4H6N2O2. The second kappa shape index (κ2) is 4.02. The molecule has 0 heterocycles. The molecule has 0 aliphatic heterocycles. The van der Waals surface area contributed by atoms with E-state index in [-0.39, 0.29) is 12.5 Å². The molecule has 0 aliphatic carbocycles. The van der Waals surface area contributed by atoms with Crippen LogP contribution >= 0.6 is 0 Å². The first kappa shape index (κ1) is 6.85. The van der Waals surface area contributed by atoms with Gasteiger partial charge in [0.2, 0.25) is 12.0 Å². The van der Waals surface area contributed by atoms with Crippen LogP contribution < -0.4 is 5.32 Å². The Balaban J connectivity index is 3.39. The molecule has 0 spiro atoms. The zero-order valence-electron chi connectivity index (χ0n) is 4.47. The van der Waals surface area contributed by atoms with Crippen LogP contribution in [-0.2, 0) is 9.59 Å². The molecule has 0 fully saturated rings. The molecule has 0 aromatic rings. The Bertz CT molecular complexity index is 126. The van der Waals surface area contributed by atoms with Gasteiger partial charge < -0.3 is 5.32 Å². The lowest BCUT2D eigenvalue weighted by Gasteiger charge is -1.87. The van der Waals surface area contributed by atoms with E-state index in [0.717, 1.165) is 0 Å². The lowest BCUT2D eigenvalue weighted by molar-refractivity contribution is -0.119. The molecule has 0 atom stereocenters. The van der Waals surface area contributed by atoms with Gasteiger partial charge in [0.25, 0.3) is 0 Å². The van der Waals surface area contributed by atoms with Gasteiger partial charge in [0.15, 0.2) is 0 Å². The Kier molecular flexibility index (Phi) is 3.44. The van der Waals surface area contributed by atoms with Crippen LogP contribution in [0.15, 0.2) is 4.99 Å². The van der Waals surface area contributed by atoms with Crippen molar-refractivity contribution in [2.75, 3.05) is 13.6 Å². The monoisotopic (exact) mass is 114 g/mol. The maximum Gasteiger partial charge on any atom is 0.242 e. The lowest BCUT2D eigenvalue weighted by atomic mass is 10.6. The maximum atomic E-state index is 10.2. The third-order valence-electron chi connectivity index (χ3n) is 0.566. The fourth-order valence-corrected chi connectivity index (χ4v) is 0.183. The third-order valence-corrected chi connectivity index (χ3v) is 0.566. The third kappa shape index (κ3) is 3.06. The molecule has 0 radical (unpaired) electrons. The second-order valence-corrected chi connectivity index (χ2v) is 1.08. The smallest absolute Gasteiger partial charge is 0.242 e. The number of nitrogens with zero attached hydrogens (tertiary/aromatic N) is 1. The number of hydrogen-bond donors (Lipinski definition) is 1. The molecule has 44 valence electrons. The molecule has 4 heteroatoms. The number of carbonyl (C=O) groups excluding carboxylic acids is 2. The average Bonchev–Trinajstić information content (AvgIpc) is 1.83. The molecule has 0 aromatic heterocycles. The van der Waals surface area contributed by atoms with E-state index in [2.05, 4.69) is 10.3 Å². The molecular weight excluding hydrogens is 108 g/mol. The molecule has 0 bridgehead atoms. The number of isocyanates is 1. The van der Waals surface area contributed by atoms with Gasteiger partial charge in [-0.2, -0.15) is 4.99 Å². The fraction of sp³-hybridized carbons (Fsp3) is 0.500. The van der Waals surface area contributed by atoms with Crippen LogP contribution in [0, 0.1) is 0 Å². The highest BCUT2D eigenvalue weighted by atomic mass is 16.2. The minimum Gasteiger partial charge on any atom is -0.358 e. The van der Waals surface area contributed by atoms with E-state index in [1.54, 1.807) is 0 Å². The number of likely N-dealkylation sites (N-methyl/N-ethyl adjacent to an activating group) is 1. The molecule has 1 amide bonds. The number of nitrogens with one attached hydrogen (secondary N) is 1. The zero-order valence-corrected chi connectivity index (χ0v) is 4.47. The van der Waals surface area contributed by atoms with Crippen molar-refractivity contribution in [3.05, 3.63) is 0 Å². The quantitative estimate of drug-likeness (QED) is 0.372. The Morgan fingerprint density at radius 2 is 2.50 bits per heavy atom.